The standard InChI is InChI=1S/C13H15F3N2O/c14-13(15,16)9-4-3-5-10(8-9)18-12(19)11-6-1-2-7-17-11/h3-5,8,11,17H,1-2,6-7H2,(H,18,19)/t11-/m0/s1. The van der Waals surface area contributed by atoms with Crippen LogP contribution in [0.15, 0.2) is 24.3 Å². The Hall–Kier alpha value is -1.56. The molecular weight excluding hydrogens is 257 g/mol. The molecule has 0 aromatic heterocycles. The van der Waals surface area contributed by atoms with Gasteiger partial charge in [-0.3, -0.25) is 4.79 Å². The minimum absolute atomic E-state index is 0.173. The molecule has 19 heavy (non-hydrogen) atoms. The van der Waals surface area contributed by atoms with Crippen LogP contribution in [0.2, 0.25) is 0 Å². The van der Waals surface area contributed by atoms with Crippen molar-refractivity contribution in [3.8, 4) is 0 Å². The monoisotopic (exact) mass is 272 g/mol. The fourth-order valence-corrected chi connectivity index (χ4v) is 2.08. The summed E-state index contributed by atoms with van der Waals surface area (Å²) < 4.78 is 37.6. The minimum Gasteiger partial charge on any atom is -0.325 e. The molecule has 1 aromatic rings. The van der Waals surface area contributed by atoms with E-state index in [9.17, 15) is 18.0 Å². The van der Waals surface area contributed by atoms with Crippen molar-refractivity contribution in [3.63, 3.8) is 0 Å². The van der Waals surface area contributed by atoms with Crippen molar-refractivity contribution in [2.45, 2.75) is 31.5 Å². The second kappa shape index (κ2) is 5.61. The number of rotatable bonds is 2. The molecule has 104 valence electrons. The van der Waals surface area contributed by atoms with Crippen LogP contribution >= 0.6 is 0 Å². The number of benzene rings is 1. The molecule has 0 bridgehead atoms. The Balaban J connectivity index is 2.04. The van der Waals surface area contributed by atoms with Crippen molar-refractivity contribution in [2.24, 2.45) is 0 Å². The van der Waals surface area contributed by atoms with Gasteiger partial charge in [-0.2, -0.15) is 13.2 Å². The molecule has 0 saturated carbocycles. The van der Waals surface area contributed by atoms with Gasteiger partial charge >= 0.3 is 6.18 Å². The van der Waals surface area contributed by atoms with Gasteiger partial charge < -0.3 is 10.6 Å². The van der Waals surface area contributed by atoms with E-state index in [-0.39, 0.29) is 17.6 Å². The Kier molecular flexibility index (Phi) is 4.09. The van der Waals surface area contributed by atoms with E-state index in [1.165, 1.54) is 12.1 Å². The Morgan fingerprint density at radius 1 is 1.32 bits per heavy atom. The zero-order chi connectivity index (χ0) is 13.9. The molecule has 0 radical (unpaired) electrons. The molecule has 1 heterocycles. The quantitative estimate of drug-likeness (QED) is 0.869. The number of carbonyl (C=O) groups excluding carboxylic acids is 1. The predicted molar refractivity (Wildman–Crippen MR) is 65.7 cm³/mol. The molecule has 0 unspecified atom stereocenters. The summed E-state index contributed by atoms with van der Waals surface area (Å²) >= 11 is 0. The number of anilines is 1. The normalized spacial score (nSPS) is 20.1. The summed E-state index contributed by atoms with van der Waals surface area (Å²) in [4.78, 5) is 11.9. The molecule has 2 N–H and O–H groups in total. The van der Waals surface area contributed by atoms with Crippen molar-refractivity contribution in [1.29, 1.82) is 0 Å². The van der Waals surface area contributed by atoms with E-state index < -0.39 is 11.7 Å². The molecule has 1 fully saturated rings. The minimum atomic E-state index is -4.40. The molecule has 0 spiro atoms. The maximum atomic E-state index is 12.5. The second-order valence-electron chi connectivity index (χ2n) is 4.57. The van der Waals surface area contributed by atoms with E-state index >= 15 is 0 Å². The summed E-state index contributed by atoms with van der Waals surface area (Å²) in [5, 5.41) is 5.57. The molecule has 2 rings (SSSR count). The van der Waals surface area contributed by atoms with Gasteiger partial charge in [0.1, 0.15) is 0 Å². The molecule has 1 atom stereocenters. The number of piperidine rings is 1. The van der Waals surface area contributed by atoms with Crippen molar-refractivity contribution < 1.29 is 18.0 Å². The first kappa shape index (κ1) is 13.9. The first-order valence-electron chi connectivity index (χ1n) is 6.18. The SMILES string of the molecule is O=C(Nc1cccc(C(F)(F)F)c1)[C@@H]1CCCCN1. The molecule has 3 nitrogen and oxygen atoms in total. The van der Waals surface area contributed by atoms with E-state index in [2.05, 4.69) is 10.6 Å². The molecule has 1 aromatic carbocycles. The Morgan fingerprint density at radius 2 is 2.11 bits per heavy atom. The largest absolute Gasteiger partial charge is 0.416 e. The van der Waals surface area contributed by atoms with Crippen LogP contribution in [0, 0.1) is 0 Å². The number of carbonyl (C=O) groups is 1. The average Bonchev–Trinajstić information content (AvgIpc) is 2.39. The Bertz CT molecular complexity index is 453. The second-order valence-corrected chi connectivity index (χ2v) is 4.57. The van der Waals surface area contributed by atoms with Gasteiger partial charge in [-0.25, -0.2) is 0 Å². The van der Waals surface area contributed by atoms with Gasteiger partial charge in [-0.1, -0.05) is 12.5 Å². The Labute approximate surface area is 109 Å². The van der Waals surface area contributed by atoms with Crippen LogP contribution in [0.5, 0.6) is 0 Å². The highest BCUT2D eigenvalue weighted by atomic mass is 19.4. The molecular formula is C13H15F3N2O. The predicted octanol–water partition coefficient (Wildman–Crippen LogP) is 2.79. The number of halogens is 3. The highest BCUT2D eigenvalue weighted by molar-refractivity contribution is 5.94. The topological polar surface area (TPSA) is 41.1 Å². The Morgan fingerprint density at radius 3 is 2.74 bits per heavy atom. The van der Waals surface area contributed by atoms with Crippen molar-refractivity contribution >= 4 is 11.6 Å². The maximum absolute atomic E-state index is 12.5. The first-order valence-corrected chi connectivity index (χ1v) is 6.18. The number of alkyl halides is 3. The molecule has 0 aliphatic carbocycles. The maximum Gasteiger partial charge on any atom is 0.416 e. The van der Waals surface area contributed by atoms with Crippen LogP contribution in [0.3, 0.4) is 0 Å². The van der Waals surface area contributed by atoms with Crippen LogP contribution in [-0.4, -0.2) is 18.5 Å². The lowest BCUT2D eigenvalue weighted by Gasteiger charge is -2.22. The van der Waals surface area contributed by atoms with Crippen LogP contribution < -0.4 is 10.6 Å². The summed E-state index contributed by atoms with van der Waals surface area (Å²) in [5.74, 6) is -0.279. The van der Waals surface area contributed by atoms with Crippen molar-refractivity contribution in [1.82, 2.24) is 5.32 Å². The van der Waals surface area contributed by atoms with Gasteiger partial charge in [0.25, 0.3) is 0 Å². The van der Waals surface area contributed by atoms with Crippen LogP contribution in [0.25, 0.3) is 0 Å². The molecule has 1 aliphatic rings. The number of nitrogens with one attached hydrogen (secondary N) is 2. The number of hydrogen-bond acceptors (Lipinski definition) is 2. The summed E-state index contributed by atoms with van der Waals surface area (Å²) in [6.45, 7) is 0.765. The van der Waals surface area contributed by atoms with Crippen molar-refractivity contribution in [3.05, 3.63) is 29.8 Å². The molecule has 1 aliphatic heterocycles. The van der Waals surface area contributed by atoms with Gasteiger partial charge in [0.15, 0.2) is 0 Å². The van der Waals surface area contributed by atoms with Gasteiger partial charge in [0.05, 0.1) is 11.6 Å². The number of hydrogen-bond donors (Lipinski definition) is 2. The van der Waals surface area contributed by atoms with Crippen LogP contribution in [0.1, 0.15) is 24.8 Å². The fraction of sp³-hybridized carbons (Fsp3) is 0.462. The highest BCUT2D eigenvalue weighted by Crippen LogP contribution is 2.30. The lowest BCUT2D eigenvalue weighted by molar-refractivity contribution is -0.137. The summed E-state index contributed by atoms with van der Waals surface area (Å²) in [6, 6.07) is 4.35. The molecule has 6 heteroatoms. The van der Waals surface area contributed by atoms with E-state index in [0.29, 0.717) is 6.42 Å². The van der Waals surface area contributed by atoms with Crippen LogP contribution in [0.4, 0.5) is 18.9 Å². The van der Waals surface area contributed by atoms with Gasteiger partial charge in [-0.05, 0) is 37.6 Å². The lowest BCUT2D eigenvalue weighted by Crippen LogP contribution is -2.43. The fourth-order valence-electron chi connectivity index (χ4n) is 2.08. The molecule has 1 saturated heterocycles. The first-order chi connectivity index (χ1) is 8.97. The summed E-state index contributed by atoms with van der Waals surface area (Å²) in [7, 11) is 0. The average molecular weight is 272 g/mol. The lowest BCUT2D eigenvalue weighted by atomic mass is 10.0. The van der Waals surface area contributed by atoms with Gasteiger partial charge in [0, 0.05) is 5.69 Å². The zero-order valence-corrected chi connectivity index (χ0v) is 10.3. The third kappa shape index (κ3) is 3.70. The highest BCUT2D eigenvalue weighted by Gasteiger charge is 2.30. The zero-order valence-electron chi connectivity index (χ0n) is 10.3. The van der Waals surface area contributed by atoms with E-state index in [0.717, 1.165) is 31.5 Å². The summed E-state index contributed by atoms with van der Waals surface area (Å²) in [6.07, 6.45) is -1.71. The third-order valence-corrected chi connectivity index (χ3v) is 3.08. The van der Waals surface area contributed by atoms with Gasteiger partial charge in [-0.15, -0.1) is 0 Å². The van der Waals surface area contributed by atoms with Crippen LogP contribution in [-0.2, 0) is 11.0 Å². The van der Waals surface area contributed by atoms with E-state index in [1.807, 2.05) is 0 Å². The van der Waals surface area contributed by atoms with E-state index in [1.54, 1.807) is 0 Å². The molecule has 1 amide bonds. The smallest absolute Gasteiger partial charge is 0.325 e. The van der Waals surface area contributed by atoms with Gasteiger partial charge in [0.2, 0.25) is 5.91 Å². The third-order valence-electron chi connectivity index (χ3n) is 3.08. The van der Waals surface area contributed by atoms with Crippen molar-refractivity contribution in [2.75, 3.05) is 11.9 Å². The number of amides is 1. The van der Waals surface area contributed by atoms with E-state index in [4.69, 9.17) is 0 Å². The summed E-state index contributed by atoms with van der Waals surface area (Å²) in [5.41, 5.74) is -0.589.